The number of piperazine rings is 1. The van der Waals surface area contributed by atoms with Crippen LogP contribution in [0.5, 0.6) is 5.75 Å². The van der Waals surface area contributed by atoms with Crippen LogP contribution in [0.4, 0.5) is 18.9 Å². The molecule has 0 N–H and O–H groups in total. The fourth-order valence-electron chi connectivity index (χ4n) is 5.64. The maximum atomic E-state index is 13.1. The molecule has 0 bridgehead atoms. The van der Waals surface area contributed by atoms with Crippen LogP contribution in [-0.4, -0.2) is 44.2 Å². The molecule has 0 atom stereocenters. The molecule has 0 unspecified atom stereocenters. The molecular weight excluding hydrogens is 477 g/mol. The number of benzene rings is 2. The zero-order chi connectivity index (χ0) is 25.8. The molecule has 0 saturated carbocycles. The standard InChI is InChI=1S/C30H37F3N2O2/c1-2-3-4-8-22-19-27(29-25-11-5-6-12-26(25)37-28(29)20-22)36-18-17-34-13-15-35(16-14-34)24-10-7-9-23(21-24)30(31,32)33/h7,9-10,19-21H,2-6,8,11-18H2,1H3. The predicted octanol–water partition coefficient (Wildman–Crippen LogP) is 7.26. The summed E-state index contributed by atoms with van der Waals surface area (Å²) in [6.45, 7) is 6.59. The van der Waals surface area contributed by atoms with E-state index in [9.17, 15) is 13.2 Å². The number of alkyl halides is 3. The summed E-state index contributed by atoms with van der Waals surface area (Å²) in [6.07, 6.45) is 4.71. The average molecular weight is 515 g/mol. The van der Waals surface area contributed by atoms with Gasteiger partial charge in [-0.3, -0.25) is 4.90 Å². The molecule has 0 spiro atoms. The Labute approximate surface area is 217 Å². The highest BCUT2D eigenvalue weighted by molar-refractivity contribution is 5.89. The van der Waals surface area contributed by atoms with E-state index in [0.29, 0.717) is 25.4 Å². The molecule has 1 saturated heterocycles. The highest BCUT2D eigenvalue weighted by Crippen LogP contribution is 2.39. The van der Waals surface area contributed by atoms with E-state index in [2.05, 4.69) is 24.0 Å². The minimum absolute atomic E-state index is 0.580. The van der Waals surface area contributed by atoms with E-state index in [1.54, 1.807) is 6.07 Å². The Morgan fingerprint density at radius 3 is 2.57 bits per heavy atom. The molecule has 3 aromatic rings. The van der Waals surface area contributed by atoms with Crippen molar-refractivity contribution in [3.8, 4) is 5.75 Å². The first-order valence-electron chi connectivity index (χ1n) is 13.8. The second kappa shape index (κ2) is 11.4. The first kappa shape index (κ1) is 26.0. The Bertz CT molecular complexity index is 1200. The lowest BCUT2D eigenvalue weighted by Gasteiger charge is -2.36. The molecular formula is C30H37F3N2O2. The third kappa shape index (κ3) is 6.08. The van der Waals surface area contributed by atoms with Crippen molar-refractivity contribution in [2.24, 2.45) is 0 Å². The zero-order valence-corrected chi connectivity index (χ0v) is 21.7. The van der Waals surface area contributed by atoms with Crippen molar-refractivity contribution in [2.75, 3.05) is 44.2 Å². The minimum Gasteiger partial charge on any atom is -0.491 e. The van der Waals surface area contributed by atoms with Gasteiger partial charge in [-0.05, 0) is 68.0 Å². The van der Waals surface area contributed by atoms with Gasteiger partial charge in [0, 0.05) is 50.4 Å². The third-order valence-corrected chi connectivity index (χ3v) is 7.72. The van der Waals surface area contributed by atoms with Crippen molar-refractivity contribution in [1.82, 2.24) is 4.90 Å². The van der Waals surface area contributed by atoms with Crippen LogP contribution >= 0.6 is 0 Å². The van der Waals surface area contributed by atoms with Crippen molar-refractivity contribution < 1.29 is 22.3 Å². The summed E-state index contributed by atoms with van der Waals surface area (Å²) in [6, 6.07) is 10.1. The van der Waals surface area contributed by atoms with E-state index in [4.69, 9.17) is 9.15 Å². The van der Waals surface area contributed by atoms with Gasteiger partial charge in [0.2, 0.25) is 0 Å². The van der Waals surface area contributed by atoms with Crippen LogP contribution in [0.3, 0.4) is 0 Å². The quantitative estimate of drug-likeness (QED) is 0.281. The zero-order valence-electron chi connectivity index (χ0n) is 21.7. The Morgan fingerprint density at radius 1 is 0.973 bits per heavy atom. The van der Waals surface area contributed by atoms with Crippen molar-refractivity contribution in [1.29, 1.82) is 0 Å². The van der Waals surface area contributed by atoms with Crippen LogP contribution in [0, 0.1) is 0 Å². The maximum Gasteiger partial charge on any atom is 0.416 e. The van der Waals surface area contributed by atoms with Crippen LogP contribution < -0.4 is 9.64 Å². The lowest BCUT2D eigenvalue weighted by molar-refractivity contribution is -0.137. The van der Waals surface area contributed by atoms with Gasteiger partial charge in [0.25, 0.3) is 0 Å². The maximum absolute atomic E-state index is 13.1. The summed E-state index contributed by atoms with van der Waals surface area (Å²) in [5, 5.41) is 1.16. The molecule has 4 nitrogen and oxygen atoms in total. The summed E-state index contributed by atoms with van der Waals surface area (Å²) in [5.74, 6) is 2.07. The fourth-order valence-corrected chi connectivity index (χ4v) is 5.64. The molecule has 0 radical (unpaired) electrons. The first-order chi connectivity index (χ1) is 17.9. The van der Waals surface area contributed by atoms with Crippen LogP contribution in [0.1, 0.15) is 61.5 Å². The molecule has 5 rings (SSSR count). The molecule has 37 heavy (non-hydrogen) atoms. The molecule has 2 heterocycles. The number of fused-ring (bicyclic) bond motifs is 3. The van der Waals surface area contributed by atoms with Crippen molar-refractivity contribution in [3.63, 3.8) is 0 Å². The topological polar surface area (TPSA) is 28.9 Å². The van der Waals surface area contributed by atoms with E-state index in [0.717, 1.165) is 73.9 Å². The molecule has 1 aliphatic heterocycles. The molecule has 200 valence electrons. The van der Waals surface area contributed by atoms with Gasteiger partial charge in [-0.25, -0.2) is 0 Å². The molecule has 0 amide bonds. The van der Waals surface area contributed by atoms with Crippen LogP contribution in [0.2, 0.25) is 0 Å². The Kier molecular flexibility index (Phi) is 7.98. The number of rotatable bonds is 9. The van der Waals surface area contributed by atoms with Crippen molar-refractivity contribution >= 4 is 16.7 Å². The number of anilines is 1. The number of hydrogen-bond donors (Lipinski definition) is 0. The molecule has 1 aromatic heterocycles. The van der Waals surface area contributed by atoms with Gasteiger partial charge in [0.15, 0.2) is 0 Å². The van der Waals surface area contributed by atoms with E-state index >= 15 is 0 Å². The molecule has 1 aliphatic carbocycles. The second-order valence-corrected chi connectivity index (χ2v) is 10.4. The normalized spacial score (nSPS) is 16.8. The lowest BCUT2D eigenvalue weighted by atomic mass is 9.94. The van der Waals surface area contributed by atoms with Crippen molar-refractivity contribution in [3.05, 3.63) is 58.8 Å². The van der Waals surface area contributed by atoms with E-state index in [-0.39, 0.29) is 0 Å². The van der Waals surface area contributed by atoms with Gasteiger partial charge in [-0.1, -0.05) is 25.8 Å². The highest BCUT2D eigenvalue weighted by Gasteiger charge is 2.31. The Hall–Kier alpha value is -2.67. The van der Waals surface area contributed by atoms with Gasteiger partial charge < -0.3 is 14.1 Å². The van der Waals surface area contributed by atoms with Crippen LogP contribution in [0.15, 0.2) is 40.8 Å². The summed E-state index contributed by atoms with van der Waals surface area (Å²) < 4.78 is 52.0. The third-order valence-electron chi connectivity index (χ3n) is 7.72. The monoisotopic (exact) mass is 514 g/mol. The van der Waals surface area contributed by atoms with E-state index in [1.165, 1.54) is 48.9 Å². The summed E-state index contributed by atoms with van der Waals surface area (Å²) in [7, 11) is 0. The Morgan fingerprint density at radius 2 is 1.78 bits per heavy atom. The van der Waals surface area contributed by atoms with Crippen LogP contribution in [0.25, 0.3) is 11.0 Å². The molecule has 1 fully saturated rings. The van der Waals surface area contributed by atoms with Gasteiger partial charge >= 0.3 is 6.18 Å². The minimum atomic E-state index is -4.32. The summed E-state index contributed by atoms with van der Waals surface area (Å²) in [5.41, 5.74) is 3.61. The van der Waals surface area contributed by atoms with Gasteiger partial charge in [0.1, 0.15) is 23.7 Å². The Balaban J connectivity index is 1.21. The van der Waals surface area contributed by atoms with Gasteiger partial charge in [-0.2, -0.15) is 13.2 Å². The largest absolute Gasteiger partial charge is 0.491 e. The number of aryl methyl sites for hydroxylation is 3. The SMILES string of the molecule is CCCCCc1cc(OCCN2CCN(c3cccc(C(F)(F)F)c3)CC2)c2c3c(oc2c1)CCCC3. The number of halogens is 3. The smallest absolute Gasteiger partial charge is 0.416 e. The average Bonchev–Trinajstić information content (AvgIpc) is 3.27. The van der Waals surface area contributed by atoms with Crippen LogP contribution in [-0.2, 0) is 25.4 Å². The molecule has 2 aromatic carbocycles. The van der Waals surface area contributed by atoms with Crippen molar-refractivity contribution in [2.45, 2.75) is 64.5 Å². The van der Waals surface area contributed by atoms with Gasteiger partial charge in [0.05, 0.1) is 10.9 Å². The summed E-state index contributed by atoms with van der Waals surface area (Å²) >= 11 is 0. The number of furan rings is 1. The number of nitrogens with zero attached hydrogens (tertiary/aromatic N) is 2. The predicted molar refractivity (Wildman–Crippen MR) is 142 cm³/mol. The van der Waals surface area contributed by atoms with E-state index in [1.807, 2.05) is 4.90 Å². The van der Waals surface area contributed by atoms with E-state index < -0.39 is 11.7 Å². The summed E-state index contributed by atoms with van der Waals surface area (Å²) in [4.78, 5) is 4.37. The lowest BCUT2D eigenvalue weighted by Crippen LogP contribution is -2.47. The second-order valence-electron chi connectivity index (χ2n) is 10.4. The highest BCUT2D eigenvalue weighted by atomic mass is 19.4. The number of hydrogen-bond acceptors (Lipinski definition) is 4. The fraction of sp³-hybridized carbons (Fsp3) is 0.533. The number of unbranched alkanes of at least 4 members (excludes halogenated alkanes) is 2. The molecule has 7 heteroatoms. The molecule has 2 aliphatic rings. The number of ether oxygens (including phenoxy) is 1. The first-order valence-corrected chi connectivity index (χ1v) is 13.8. The van der Waals surface area contributed by atoms with Gasteiger partial charge in [-0.15, -0.1) is 0 Å².